The van der Waals surface area contributed by atoms with Gasteiger partial charge in [-0.25, -0.2) is 5.01 Å². The first-order valence-corrected chi connectivity index (χ1v) is 6.77. The maximum Gasteiger partial charge on any atom is 0.406 e. The van der Waals surface area contributed by atoms with Gasteiger partial charge in [-0.05, 0) is 38.0 Å². The van der Waals surface area contributed by atoms with Crippen LogP contribution in [0.4, 0.5) is 13.2 Å². The van der Waals surface area contributed by atoms with Crippen molar-refractivity contribution >= 4 is 5.91 Å². The van der Waals surface area contributed by atoms with Gasteiger partial charge < -0.3 is 0 Å². The molecule has 1 heterocycles. The van der Waals surface area contributed by atoms with Crippen molar-refractivity contribution < 1.29 is 18.0 Å². The third-order valence-electron chi connectivity index (χ3n) is 3.66. The van der Waals surface area contributed by atoms with Crippen LogP contribution in [-0.2, 0) is 11.2 Å². The SMILES string of the molecule is CC1(C)CN(C(Cc2cccc(C#N)c2)C(F)(F)F)NC1=O. The minimum atomic E-state index is -4.49. The highest BCUT2D eigenvalue weighted by molar-refractivity contribution is 5.83. The molecule has 1 fully saturated rings. The zero-order chi connectivity index (χ0) is 16.5. The maximum absolute atomic E-state index is 13.4. The molecule has 0 radical (unpaired) electrons. The second-order valence-electron chi connectivity index (χ2n) is 6.03. The number of hydrazine groups is 1. The topological polar surface area (TPSA) is 56.1 Å². The minimum absolute atomic E-state index is 0.0199. The molecule has 1 amide bonds. The molecule has 118 valence electrons. The molecular formula is C15H16F3N3O. The zero-order valence-corrected chi connectivity index (χ0v) is 12.2. The molecule has 1 aromatic carbocycles. The Morgan fingerprint density at radius 3 is 2.64 bits per heavy atom. The quantitative estimate of drug-likeness (QED) is 0.932. The average molecular weight is 311 g/mol. The van der Waals surface area contributed by atoms with Gasteiger partial charge >= 0.3 is 6.18 Å². The van der Waals surface area contributed by atoms with Crippen molar-refractivity contribution in [3.05, 3.63) is 35.4 Å². The molecule has 4 nitrogen and oxygen atoms in total. The molecule has 1 saturated heterocycles. The lowest BCUT2D eigenvalue weighted by Crippen LogP contribution is -2.51. The Morgan fingerprint density at radius 2 is 2.14 bits per heavy atom. The predicted octanol–water partition coefficient (Wildman–Crippen LogP) is 2.40. The van der Waals surface area contributed by atoms with Gasteiger partial charge in [0.2, 0.25) is 5.91 Å². The first kappa shape index (κ1) is 16.3. The lowest BCUT2D eigenvalue weighted by Gasteiger charge is -2.29. The van der Waals surface area contributed by atoms with Gasteiger partial charge in [-0.1, -0.05) is 12.1 Å². The monoisotopic (exact) mass is 311 g/mol. The number of alkyl halides is 3. The molecule has 1 aromatic rings. The average Bonchev–Trinajstić information content (AvgIpc) is 2.69. The summed E-state index contributed by atoms with van der Waals surface area (Å²) in [6.45, 7) is 3.19. The van der Waals surface area contributed by atoms with Gasteiger partial charge in [0.15, 0.2) is 0 Å². The van der Waals surface area contributed by atoms with Gasteiger partial charge in [0.1, 0.15) is 6.04 Å². The molecule has 22 heavy (non-hydrogen) atoms. The third kappa shape index (κ3) is 3.39. The van der Waals surface area contributed by atoms with Crippen LogP contribution in [0, 0.1) is 16.7 Å². The molecule has 0 bridgehead atoms. The lowest BCUT2D eigenvalue weighted by atomic mass is 9.93. The number of hydrogen-bond acceptors (Lipinski definition) is 3. The molecule has 1 aliphatic heterocycles. The minimum Gasteiger partial charge on any atom is -0.288 e. The van der Waals surface area contributed by atoms with E-state index in [2.05, 4.69) is 5.43 Å². The summed E-state index contributed by atoms with van der Waals surface area (Å²) in [7, 11) is 0. The van der Waals surface area contributed by atoms with E-state index in [9.17, 15) is 18.0 Å². The fourth-order valence-electron chi connectivity index (χ4n) is 2.40. The summed E-state index contributed by atoms with van der Waals surface area (Å²) in [6.07, 6.45) is -4.81. The number of carbonyl (C=O) groups is 1. The number of nitriles is 1. The Hall–Kier alpha value is -2.07. The number of benzene rings is 1. The van der Waals surface area contributed by atoms with E-state index in [0.29, 0.717) is 11.1 Å². The first-order valence-electron chi connectivity index (χ1n) is 6.77. The fraction of sp³-hybridized carbons (Fsp3) is 0.467. The van der Waals surface area contributed by atoms with Crippen LogP contribution in [0.15, 0.2) is 24.3 Å². The Bertz CT molecular complexity index is 619. The Morgan fingerprint density at radius 1 is 1.45 bits per heavy atom. The zero-order valence-electron chi connectivity index (χ0n) is 12.2. The van der Waals surface area contributed by atoms with Crippen LogP contribution >= 0.6 is 0 Å². The molecule has 1 aliphatic rings. The number of halogens is 3. The molecule has 0 aromatic heterocycles. The summed E-state index contributed by atoms with van der Waals surface area (Å²) in [5.74, 6) is -0.424. The van der Waals surface area contributed by atoms with E-state index in [1.165, 1.54) is 12.1 Å². The van der Waals surface area contributed by atoms with E-state index < -0.39 is 23.5 Å². The summed E-state index contributed by atoms with van der Waals surface area (Å²) in [6, 6.07) is 6.14. The van der Waals surface area contributed by atoms with E-state index in [4.69, 9.17) is 5.26 Å². The number of nitrogens with zero attached hydrogens (tertiary/aromatic N) is 2. The summed E-state index contributed by atoms with van der Waals surface area (Å²) in [4.78, 5) is 11.7. The van der Waals surface area contributed by atoms with Gasteiger partial charge in [-0.2, -0.15) is 18.4 Å². The van der Waals surface area contributed by atoms with Crippen molar-refractivity contribution in [2.75, 3.05) is 6.54 Å². The van der Waals surface area contributed by atoms with E-state index >= 15 is 0 Å². The fourth-order valence-corrected chi connectivity index (χ4v) is 2.40. The van der Waals surface area contributed by atoms with Crippen LogP contribution in [0.25, 0.3) is 0 Å². The molecule has 0 saturated carbocycles. The van der Waals surface area contributed by atoms with Gasteiger partial charge in [0.25, 0.3) is 0 Å². The number of amides is 1. The number of rotatable bonds is 3. The van der Waals surface area contributed by atoms with Crippen LogP contribution in [0.1, 0.15) is 25.0 Å². The summed E-state index contributed by atoms with van der Waals surface area (Å²) in [5.41, 5.74) is 2.16. The van der Waals surface area contributed by atoms with Crippen molar-refractivity contribution in [3.8, 4) is 6.07 Å². The standard InChI is InChI=1S/C15H16F3N3O/c1-14(2)9-21(20-13(14)22)12(15(16,17)18)7-10-4-3-5-11(6-10)8-19/h3-6,12H,7,9H2,1-2H3,(H,20,22). The summed E-state index contributed by atoms with van der Waals surface area (Å²) < 4.78 is 40.1. The van der Waals surface area contributed by atoms with Crippen molar-refractivity contribution in [1.82, 2.24) is 10.4 Å². The number of nitrogens with one attached hydrogen (secondary N) is 1. The van der Waals surface area contributed by atoms with E-state index in [1.807, 2.05) is 6.07 Å². The number of hydrogen-bond donors (Lipinski definition) is 1. The van der Waals surface area contributed by atoms with Crippen molar-refractivity contribution in [2.24, 2.45) is 5.41 Å². The van der Waals surface area contributed by atoms with Crippen molar-refractivity contribution in [1.29, 1.82) is 5.26 Å². The molecule has 1 N–H and O–H groups in total. The number of carbonyl (C=O) groups excluding carboxylic acids is 1. The third-order valence-corrected chi connectivity index (χ3v) is 3.66. The first-order chi connectivity index (χ1) is 10.1. The van der Waals surface area contributed by atoms with Crippen molar-refractivity contribution in [2.45, 2.75) is 32.5 Å². The molecule has 7 heteroatoms. The summed E-state index contributed by atoms with van der Waals surface area (Å²) in [5, 5.41) is 9.78. The van der Waals surface area contributed by atoms with Crippen LogP contribution in [0.2, 0.25) is 0 Å². The molecule has 2 rings (SSSR count). The highest BCUT2D eigenvalue weighted by Crippen LogP contribution is 2.32. The van der Waals surface area contributed by atoms with Gasteiger partial charge in [-0.3, -0.25) is 10.2 Å². The predicted molar refractivity (Wildman–Crippen MR) is 73.3 cm³/mol. The van der Waals surface area contributed by atoms with E-state index in [0.717, 1.165) is 5.01 Å². The Kier molecular flexibility index (Phi) is 4.16. The van der Waals surface area contributed by atoms with E-state index in [-0.39, 0.29) is 13.0 Å². The van der Waals surface area contributed by atoms with Crippen LogP contribution in [-0.4, -0.2) is 29.7 Å². The Balaban J connectivity index is 2.25. The van der Waals surface area contributed by atoms with E-state index in [1.54, 1.807) is 26.0 Å². The Labute approximate surface area is 126 Å². The molecule has 1 unspecified atom stereocenters. The second-order valence-corrected chi connectivity index (χ2v) is 6.03. The maximum atomic E-state index is 13.4. The molecule has 0 aliphatic carbocycles. The highest BCUT2D eigenvalue weighted by atomic mass is 19.4. The van der Waals surface area contributed by atoms with Crippen LogP contribution in [0.5, 0.6) is 0 Å². The lowest BCUT2D eigenvalue weighted by molar-refractivity contribution is -0.188. The highest BCUT2D eigenvalue weighted by Gasteiger charge is 2.50. The van der Waals surface area contributed by atoms with Crippen molar-refractivity contribution in [3.63, 3.8) is 0 Å². The van der Waals surface area contributed by atoms with Crippen LogP contribution in [0.3, 0.4) is 0 Å². The van der Waals surface area contributed by atoms with Gasteiger partial charge in [0.05, 0.1) is 17.0 Å². The molecule has 0 spiro atoms. The van der Waals surface area contributed by atoms with Crippen LogP contribution < -0.4 is 5.43 Å². The smallest absolute Gasteiger partial charge is 0.288 e. The second kappa shape index (κ2) is 5.61. The molecular weight excluding hydrogens is 295 g/mol. The van der Waals surface area contributed by atoms with Gasteiger partial charge in [-0.15, -0.1) is 0 Å². The summed E-state index contributed by atoms with van der Waals surface area (Å²) >= 11 is 0. The van der Waals surface area contributed by atoms with Gasteiger partial charge in [0, 0.05) is 6.54 Å². The largest absolute Gasteiger partial charge is 0.406 e. The molecule has 1 atom stereocenters. The normalized spacial score (nSPS) is 19.5.